The van der Waals surface area contributed by atoms with E-state index >= 15 is 0 Å². The molecule has 7 heteroatoms. The lowest BCUT2D eigenvalue weighted by molar-refractivity contribution is 0.222. The SMILES string of the molecule is CCCNc1nc(Cl)nc(N(C)CC2CCN(C)CC2)n1. The highest BCUT2D eigenvalue weighted by molar-refractivity contribution is 6.28. The number of aromatic nitrogens is 3. The Bertz CT molecular complexity index is 447. The maximum Gasteiger partial charge on any atom is 0.231 e. The first-order valence-electron chi connectivity index (χ1n) is 7.63. The Morgan fingerprint density at radius 2 is 2.00 bits per heavy atom. The fraction of sp³-hybridized carbons (Fsp3) is 0.786. The average molecular weight is 313 g/mol. The monoisotopic (exact) mass is 312 g/mol. The Labute approximate surface area is 131 Å². The standard InChI is InChI=1S/C14H25ClN6/c1-4-7-16-13-17-12(15)18-14(19-13)21(3)10-11-5-8-20(2)9-6-11/h11H,4-10H2,1-3H3,(H,16,17,18,19). The Balaban J connectivity index is 1.97. The third-order valence-electron chi connectivity index (χ3n) is 3.84. The molecule has 2 rings (SSSR count). The molecule has 1 N–H and O–H groups in total. The molecule has 0 bridgehead atoms. The summed E-state index contributed by atoms with van der Waals surface area (Å²) >= 11 is 6.00. The fourth-order valence-corrected chi connectivity index (χ4v) is 2.70. The van der Waals surface area contributed by atoms with E-state index in [0.717, 1.165) is 19.5 Å². The second kappa shape index (κ2) is 7.75. The number of nitrogens with zero attached hydrogens (tertiary/aromatic N) is 5. The molecule has 1 aliphatic heterocycles. The zero-order valence-electron chi connectivity index (χ0n) is 13.1. The summed E-state index contributed by atoms with van der Waals surface area (Å²) in [6.45, 7) is 6.22. The van der Waals surface area contributed by atoms with Crippen molar-refractivity contribution in [2.45, 2.75) is 26.2 Å². The number of piperidine rings is 1. The first-order chi connectivity index (χ1) is 10.1. The molecule has 1 saturated heterocycles. The van der Waals surface area contributed by atoms with Gasteiger partial charge in [0.25, 0.3) is 0 Å². The van der Waals surface area contributed by atoms with E-state index < -0.39 is 0 Å². The Hall–Kier alpha value is -1.14. The van der Waals surface area contributed by atoms with Crippen LogP contribution in [0.1, 0.15) is 26.2 Å². The molecule has 0 unspecified atom stereocenters. The van der Waals surface area contributed by atoms with Gasteiger partial charge in [0.05, 0.1) is 0 Å². The highest BCUT2D eigenvalue weighted by atomic mass is 35.5. The average Bonchev–Trinajstić information content (AvgIpc) is 2.47. The van der Waals surface area contributed by atoms with Crippen LogP contribution >= 0.6 is 11.6 Å². The van der Waals surface area contributed by atoms with Crippen molar-refractivity contribution in [2.24, 2.45) is 5.92 Å². The molecule has 0 radical (unpaired) electrons. The lowest BCUT2D eigenvalue weighted by atomic mass is 9.97. The van der Waals surface area contributed by atoms with Crippen LogP contribution in [0.4, 0.5) is 11.9 Å². The highest BCUT2D eigenvalue weighted by Crippen LogP contribution is 2.20. The fourth-order valence-electron chi connectivity index (χ4n) is 2.54. The minimum absolute atomic E-state index is 0.244. The van der Waals surface area contributed by atoms with Crippen molar-refractivity contribution in [3.8, 4) is 0 Å². The largest absolute Gasteiger partial charge is 0.354 e. The molecule has 118 valence electrons. The molecule has 0 amide bonds. The van der Waals surface area contributed by atoms with Gasteiger partial charge in [0.1, 0.15) is 0 Å². The van der Waals surface area contributed by atoms with Crippen molar-refractivity contribution in [3.63, 3.8) is 0 Å². The van der Waals surface area contributed by atoms with E-state index in [1.54, 1.807) is 0 Å². The number of anilines is 2. The van der Waals surface area contributed by atoms with Crippen molar-refractivity contribution < 1.29 is 0 Å². The third-order valence-corrected chi connectivity index (χ3v) is 4.01. The molecule has 1 aliphatic rings. The molecule has 6 nitrogen and oxygen atoms in total. The molecule has 21 heavy (non-hydrogen) atoms. The van der Waals surface area contributed by atoms with E-state index in [2.05, 4.69) is 44.0 Å². The van der Waals surface area contributed by atoms with Gasteiger partial charge in [-0.25, -0.2) is 0 Å². The number of halogens is 1. The van der Waals surface area contributed by atoms with Gasteiger partial charge in [-0.1, -0.05) is 6.92 Å². The van der Waals surface area contributed by atoms with Crippen molar-refractivity contribution in [2.75, 3.05) is 50.5 Å². The van der Waals surface area contributed by atoms with Crippen molar-refractivity contribution in [1.29, 1.82) is 0 Å². The first-order valence-corrected chi connectivity index (χ1v) is 8.01. The molecule has 0 spiro atoms. The first kappa shape index (κ1) is 16.2. The Kier molecular flexibility index (Phi) is 5.99. The van der Waals surface area contributed by atoms with Gasteiger partial charge < -0.3 is 15.1 Å². The van der Waals surface area contributed by atoms with E-state index in [1.807, 2.05) is 7.05 Å². The topological polar surface area (TPSA) is 57.2 Å². The summed E-state index contributed by atoms with van der Waals surface area (Å²) in [4.78, 5) is 17.3. The van der Waals surface area contributed by atoms with Crippen molar-refractivity contribution in [3.05, 3.63) is 5.28 Å². The van der Waals surface area contributed by atoms with Crippen LogP contribution in [0.25, 0.3) is 0 Å². The van der Waals surface area contributed by atoms with Gasteiger partial charge in [0.15, 0.2) is 0 Å². The quantitative estimate of drug-likeness (QED) is 0.868. The number of hydrogen-bond donors (Lipinski definition) is 1. The van der Waals surface area contributed by atoms with E-state index in [1.165, 1.54) is 25.9 Å². The van der Waals surface area contributed by atoms with Gasteiger partial charge in [-0.05, 0) is 56.9 Å². The summed E-state index contributed by atoms with van der Waals surface area (Å²) in [6, 6.07) is 0. The predicted octanol–water partition coefficient (Wildman–Crippen LogP) is 2.12. The maximum atomic E-state index is 6.00. The smallest absolute Gasteiger partial charge is 0.231 e. The predicted molar refractivity (Wildman–Crippen MR) is 87.1 cm³/mol. The summed E-state index contributed by atoms with van der Waals surface area (Å²) in [5, 5.41) is 3.40. The molecule has 0 saturated carbocycles. The molecule has 1 aromatic rings. The third kappa shape index (κ3) is 4.97. The Morgan fingerprint density at radius 3 is 2.67 bits per heavy atom. The minimum atomic E-state index is 0.244. The second-order valence-corrected chi connectivity index (χ2v) is 6.12. The molecule has 1 aromatic heterocycles. The maximum absolute atomic E-state index is 6.00. The van der Waals surface area contributed by atoms with Crippen LogP contribution < -0.4 is 10.2 Å². The molecular formula is C14H25ClN6. The van der Waals surface area contributed by atoms with Crippen LogP contribution in [-0.4, -0.2) is 60.1 Å². The van der Waals surface area contributed by atoms with Crippen molar-refractivity contribution in [1.82, 2.24) is 19.9 Å². The van der Waals surface area contributed by atoms with E-state index in [9.17, 15) is 0 Å². The number of rotatable bonds is 6. The lowest BCUT2D eigenvalue weighted by Crippen LogP contribution is -2.36. The minimum Gasteiger partial charge on any atom is -0.354 e. The molecular weight excluding hydrogens is 288 g/mol. The highest BCUT2D eigenvalue weighted by Gasteiger charge is 2.19. The molecule has 1 fully saturated rings. The molecule has 0 atom stereocenters. The Morgan fingerprint density at radius 1 is 1.29 bits per heavy atom. The van der Waals surface area contributed by atoms with Gasteiger partial charge >= 0.3 is 0 Å². The summed E-state index contributed by atoms with van der Waals surface area (Å²) in [5.74, 6) is 1.89. The summed E-state index contributed by atoms with van der Waals surface area (Å²) in [7, 11) is 4.20. The van der Waals surface area contributed by atoms with Gasteiger partial charge in [-0.3, -0.25) is 0 Å². The lowest BCUT2D eigenvalue weighted by Gasteiger charge is -2.31. The van der Waals surface area contributed by atoms with Crippen LogP contribution in [0.2, 0.25) is 5.28 Å². The number of nitrogens with one attached hydrogen (secondary N) is 1. The number of likely N-dealkylation sites (tertiary alicyclic amines) is 1. The van der Waals surface area contributed by atoms with E-state index in [0.29, 0.717) is 17.8 Å². The van der Waals surface area contributed by atoms with Gasteiger partial charge in [-0.15, -0.1) is 0 Å². The van der Waals surface area contributed by atoms with Crippen LogP contribution in [0.5, 0.6) is 0 Å². The zero-order valence-corrected chi connectivity index (χ0v) is 13.9. The van der Waals surface area contributed by atoms with Crippen molar-refractivity contribution >= 4 is 23.5 Å². The molecule has 0 aliphatic carbocycles. The van der Waals surface area contributed by atoms with Gasteiger partial charge in [0, 0.05) is 20.1 Å². The second-order valence-electron chi connectivity index (χ2n) is 5.78. The summed E-state index contributed by atoms with van der Waals surface area (Å²) < 4.78 is 0. The van der Waals surface area contributed by atoms with Gasteiger partial charge in [0.2, 0.25) is 17.2 Å². The van der Waals surface area contributed by atoms with Crippen LogP contribution in [-0.2, 0) is 0 Å². The summed E-state index contributed by atoms with van der Waals surface area (Å²) in [6.07, 6.45) is 3.46. The van der Waals surface area contributed by atoms with Crippen LogP contribution in [0.15, 0.2) is 0 Å². The molecule has 2 heterocycles. The van der Waals surface area contributed by atoms with E-state index in [4.69, 9.17) is 11.6 Å². The number of hydrogen-bond acceptors (Lipinski definition) is 6. The van der Waals surface area contributed by atoms with Crippen LogP contribution in [0, 0.1) is 5.92 Å². The van der Waals surface area contributed by atoms with E-state index in [-0.39, 0.29) is 5.28 Å². The zero-order chi connectivity index (χ0) is 15.2. The molecule has 0 aromatic carbocycles. The van der Waals surface area contributed by atoms with Crippen LogP contribution in [0.3, 0.4) is 0 Å². The normalized spacial score (nSPS) is 17.0. The van der Waals surface area contributed by atoms with Gasteiger partial charge in [-0.2, -0.15) is 15.0 Å². The summed E-state index contributed by atoms with van der Waals surface area (Å²) in [5.41, 5.74) is 0.